The highest BCUT2D eigenvalue weighted by atomic mass is 16.3. The van der Waals surface area contributed by atoms with Gasteiger partial charge in [-0.15, -0.1) is 0 Å². The fourth-order valence-electron chi connectivity index (χ4n) is 7.73. The first-order valence-electron chi connectivity index (χ1n) is 18.6. The fourth-order valence-corrected chi connectivity index (χ4v) is 7.73. The zero-order valence-corrected chi connectivity index (χ0v) is 31.7. The van der Waals surface area contributed by atoms with Crippen molar-refractivity contribution in [3.63, 3.8) is 0 Å². The van der Waals surface area contributed by atoms with Gasteiger partial charge in [0, 0.05) is 32.0 Å². The van der Waals surface area contributed by atoms with Gasteiger partial charge < -0.3 is 31.3 Å². The zero-order valence-electron chi connectivity index (χ0n) is 31.7. The highest BCUT2D eigenvalue weighted by Gasteiger charge is 2.52. The van der Waals surface area contributed by atoms with E-state index in [4.69, 9.17) is 0 Å². The summed E-state index contributed by atoms with van der Waals surface area (Å²) in [6, 6.07) is -3.75. The van der Waals surface area contributed by atoms with E-state index in [1.807, 2.05) is 62.3 Å². The smallest absolute Gasteiger partial charge is 0.315 e. The summed E-state index contributed by atoms with van der Waals surface area (Å²) in [5, 5.41) is 22.5. The number of aliphatic hydroxyl groups is 1. The van der Waals surface area contributed by atoms with E-state index >= 15 is 0 Å². The third-order valence-electron chi connectivity index (χ3n) is 10.9. The number of amides is 7. The van der Waals surface area contributed by atoms with Crippen molar-refractivity contribution in [2.75, 3.05) is 13.1 Å². The van der Waals surface area contributed by atoms with Crippen LogP contribution in [-0.2, 0) is 24.0 Å². The Morgan fingerprint density at radius 2 is 1.52 bits per heavy atom. The minimum atomic E-state index is -1.41. The molecule has 0 aromatic rings. The number of carbonyl (C=O) groups is 6. The number of aliphatic hydroxyl groups excluding tert-OH is 1. The number of nitrogens with zero attached hydrogens (tertiary/aromatic N) is 2. The average Bonchev–Trinajstić information content (AvgIpc) is 3.54. The van der Waals surface area contributed by atoms with Crippen LogP contribution in [-0.4, -0.2) is 99.9 Å². The Morgan fingerprint density at radius 1 is 0.900 bits per heavy atom. The van der Waals surface area contributed by atoms with Crippen molar-refractivity contribution < 1.29 is 33.9 Å². The van der Waals surface area contributed by atoms with Gasteiger partial charge in [0.05, 0.1) is 12.1 Å². The summed E-state index contributed by atoms with van der Waals surface area (Å²) in [5.41, 5.74) is -1.69. The third-order valence-corrected chi connectivity index (χ3v) is 10.9. The van der Waals surface area contributed by atoms with Crippen molar-refractivity contribution in [2.24, 2.45) is 28.1 Å². The Kier molecular flexibility index (Phi) is 12.0. The maximum atomic E-state index is 14.5. The van der Waals surface area contributed by atoms with Crippen LogP contribution >= 0.6 is 0 Å². The quantitative estimate of drug-likeness (QED) is 0.194. The largest absolute Gasteiger partial charge is 0.381 e. The molecule has 7 amide bonds. The lowest BCUT2D eigenvalue weighted by atomic mass is 9.80. The minimum absolute atomic E-state index is 0.0139. The summed E-state index contributed by atoms with van der Waals surface area (Å²) in [4.78, 5) is 83.7. The van der Waals surface area contributed by atoms with Gasteiger partial charge in [0.25, 0.3) is 5.91 Å². The fraction of sp³-hybridized carbons (Fsp3) is 0.838. The second-order valence-corrected chi connectivity index (χ2v) is 18.2. The summed E-state index contributed by atoms with van der Waals surface area (Å²) in [6.07, 6.45) is 4.46. The van der Waals surface area contributed by atoms with Crippen LogP contribution in [0.4, 0.5) is 4.79 Å². The summed E-state index contributed by atoms with van der Waals surface area (Å²) in [7, 11) is 0. The molecule has 4 aliphatic rings. The molecule has 50 heavy (non-hydrogen) atoms. The van der Waals surface area contributed by atoms with Crippen LogP contribution in [0.1, 0.15) is 120 Å². The molecule has 13 nitrogen and oxygen atoms in total. The Balaban J connectivity index is 1.51. The molecule has 5 N–H and O–H groups in total. The molecule has 0 bridgehead atoms. The van der Waals surface area contributed by atoms with E-state index in [1.54, 1.807) is 4.90 Å². The predicted octanol–water partition coefficient (Wildman–Crippen LogP) is 2.84. The summed E-state index contributed by atoms with van der Waals surface area (Å²) in [5.74, 6) is -1.75. The summed E-state index contributed by atoms with van der Waals surface area (Å²) in [6.45, 7) is 17.4. The van der Waals surface area contributed by atoms with Gasteiger partial charge in [0.2, 0.25) is 23.6 Å². The van der Waals surface area contributed by atoms with E-state index < -0.39 is 64.4 Å². The van der Waals surface area contributed by atoms with Crippen LogP contribution in [0, 0.1) is 28.1 Å². The number of imide groups is 1. The lowest BCUT2D eigenvalue weighted by Gasteiger charge is -2.40. The Morgan fingerprint density at radius 3 is 2.06 bits per heavy atom. The maximum Gasteiger partial charge on any atom is 0.315 e. The molecule has 0 spiro atoms. The van der Waals surface area contributed by atoms with Gasteiger partial charge in [-0.05, 0) is 60.2 Å². The van der Waals surface area contributed by atoms with Gasteiger partial charge in [-0.2, -0.15) is 0 Å². The molecule has 2 aliphatic carbocycles. The van der Waals surface area contributed by atoms with E-state index in [0.717, 1.165) is 32.1 Å². The molecule has 4 rings (SSSR count). The molecular formula is C37H62N6O7. The van der Waals surface area contributed by atoms with Crippen LogP contribution in [0.15, 0.2) is 0 Å². The highest BCUT2D eigenvalue weighted by molar-refractivity contribution is 5.98. The standard InChI is InChI=1S/C37H62N6O7/c1-10-12-24(29(46)32(48)38-22-15-16-22)39-31(47)28-23-14-11-13-21(23)19-43(28)33(49)30(36(5,6)7)41-34(50)40-25(35(2,3)4)20-42-26(44)17-37(8,9)18-27(42)45/h21-25,28-30,46H,10-20H2,1-9H3,(H,38,48)(H,39,47)(H2,40,41,50)/t21-,23-,24-,25+,28-,29?,30+/m0/s1. The number of hydrogen-bond donors (Lipinski definition) is 5. The lowest BCUT2D eigenvalue weighted by Crippen LogP contribution is -2.63. The lowest BCUT2D eigenvalue weighted by molar-refractivity contribution is -0.153. The molecule has 7 atom stereocenters. The van der Waals surface area contributed by atoms with Crippen molar-refractivity contribution in [1.29, 1.82) is 0 Å². The Hall–Kier alpha value is -3.22. The first kappa shape index (κ1) is 39.6. The normalized spacial score (nSPS) is 26.1. The van der Waals surface area contributed by atoms with Crippen LogP contribution < -0.4 is 21.3 Å². The minimum Gasteiger partial charge on any atom is -0.381 e. The highest BCUT2D eigenvalue weighted by Crippen LogP contribution is 2.43. The number of piperidine rings is 1. The second-order valence-electron chi connectivity index (χ2n) is 18.2. The number of likely N-dealkylation sites (tertiary alicyclic amines) is 2. The van der Waals surface area contributed by atoms with Crippen molar-refractivity contribution in [3.8, 4) is 0 Å². The molecule has 0 aromatic carbocycles. The van der Waals surface area contributed by atoms with Gasteiger partial charge in [-0.3, -0.25) is 28.9 Å². The third kappa shape index (κ3) is 9.55. The second kappa shape index (κ2) is 15.2. The molecule has 2 saturated heterocycles. The average molecular weight is 703 g/mol. The van der Waals surface area contributed by atoms with Crippen molar-refractivity contribution in [1.82, 2.24) is 31.1 Å². The first-order chi connectivity index (χ1) is 23.1. The van der Waals surface area contributed by atoms with Crippen LogP contribution in [0.3, 0.4) is 0 Å². The summed E-state index contributed by atoms with van der Waals surface area (Å²) < 4.78 is 0. The first-order valence-corrected chi connectivity index (χ1v) is 18.6. The molecule has 2 heterocycles. The summed E-state index contributed by atoms with van der Waals surface area (Å²) >= 11 is 0. The monoisotopic (exact) mass is 702 g/mol. The van der Waals surface area contributed by atoms with E-state index in [9.17, 15) is 33.9 Å². The van der Waals surface area contributed by atoms with Gasteiger partial charge in [0.1, 0.15) is 12.1 Å². The number of rotatable bonds is 12. The van der Waals surface area contributed by atoms with E-state index in [2.05, 4.69) is 21.3 Å². The van der Waals surface area contributed by atoms with Crippen LogP contribution in [0.2, 0.25) is 0 Å². The molecule has 13 heteroatoms. The van der Waals surface area contributed by atoms with Crippen molar-refractivity contribution >= 4 is 35.6 Å². The number of hydrogen-bond acceptors (Lipinski definition) is 7. The molecular weight excluding hydrogens is 640 g/mol. The molecule has 282 valence electrons. The predicted molar refractivity (Wildman–Crippen MR) is 188 cm³/mol. The maximum absolute atomic E-state index is 14.5. The SMILES string of the molecule is CCC[C@H](NC(=O)[C@@H]1[C@H]2CCC[C@H]2CN1C(=O)[C@@H](NC(=O)N[C@H](CN1C(=O)CC(C)(C)CC1=O)C(C)(C)C)C(C)(C)C)C(O)C(=O)NC1CC1. The van der Waals surface area contributed by atoms with E-state index in [0.29, 0.717) is 19.4 Å². The van der Waals surface area contributed by atoms with Crippen LogP contribution in [0.5, 0.6) is 0 Å². The molecule has 4 fully saturated rings. The topological polar surface area (TPSA) is 177 Å². The number of urea groups is 1. The van der Waals surface area contributed by atoms with E-state index in [1.165, 1.54) is 4.90 Å². The Labute approximate surface area is 297 Å². The Bertz CT molecular complexity index is 1300. The van der Waals surface area contributed by atoms with Gasteiger partial charge >= 0.3 is 6.03 Å². The van der Waals surface area contributed by atoms with Gasteiger partial charge in [-0.25, -0.2) is 4.79 Å². The number of nitrogens with one attached hydrogen (secondary N) is 4. The molecule has 0 aromatic heterocycles. The molecule has 2 saturated carbocycles. The zero-order chi connectivity index (χ0) is 37.3. The molecule has 0 radical (unpaired) electrons. The molecule has 1 unspecified atom stereocenters. The van der Waals surface area contributed by atoms with Gasteiger partial charge in [0.15, 0.2) is 6.10 Å². The van der Waals surface area contributed by atoms with Crippen molar-refractivity contribution in [3.05, 3.63) is 0 Å². The van der Waals surface area contributed by atoms with Gasteiger partial charge in [-0.1, -0.05) is 75.2 Å². The molecule has 2 aliphatic heterocycles. The van der Waals surface area contributed by atoms with E-state index in [-0.39, 0.29) is 55.0 Å². The van der Waals surface area contributed by atoms with Crippen LogP contribution in [0.25, 0.3) is 0 Å². The number of carbonyl (C=O) groups excluding carboxylic acids is 6. The van der Waals surface area contributed by atoms with Crippen molar-refractivity contribution in [2.45, 2.75) is 156 Å². The number of fused-ring (bicyclic) bond motifs is 1.